The minimum absolute atomic E-state index is 0.0651. The number of anilines is 4. The van der Waals surface area contributed by atoms with E-state index in [0.29, 0.717) is 66.5 Å². The van der Waals surface area contributed by atoms with Crippen molar-refractivity contribution in [3.63, 3.8) is 0 Å². The summed E-state index contributed by atoms with van der Waals surface area (Å²) in [7, 11) is -3.65. The molecular weight excluding hydrogens is 768 g/mol. The van der Waals surface area contributed by atoms with Crippen molar-refractivity contribution in [2.45, 2.75) is 82.5 Å². The molecule has 312 valence electrons. The van der Waals surface area contributed by atoms with Crippen molar-refractivity contribution in [1.29, 1.82) is 0 Å². The smallest absolute Gasteiger partial charge is 0.268 e. The highest BCUT2D eigenvalue weighted by atomic mass is 28.4. The van der Waals surface area contributed by atoms with E-state index in [9.17, 15) is 19.8 Å². The number of rotatable bonds is 16. The number of halogens is 1. The summed E-state index contributed by atoms with van der Waals surface area (Å²) in [6.45, 7) is 8.16. The second kappa shape index (κ2) is 17.7. The van der Waals surface area contributed by atoms with Crippen LogP contribution in [0.4, 0.5) is 26.9 Å². The molecule has 1 spiro atoms. The monoisotopic (exact) mass is 822 g/mol. The predicted octanol–water partition coefficient (Wildman–Crippen LogP) is 6.90. The second-order valence-electron chi connectivity index (χ2n) is 16.2. The van der Waals surface area contributed by atoms with Gasteiger partial charge in [0.1, 0.15) is 5.75 Å². The van der Waals surface area contributed by atoms with Gasteiger partial charge in [-0.15, -0.1) is 0 Å². The minimum atomic E-state index is -3.65. The molecule has 3 aliphatic rings. The minimum Gasteiger partial charge on any atom is -0.494 e. The van der Waals surface area contributed by atoms with Crippen LogP contribution < -0.4 is 19.9 Å². The number of aliphatic hydroxyl groups excluding tert-OH is 2. The van der Waals surface area contributed by atoms with Crippen LogP contribution in [0.3, 0.4) is 0 Å². The molecule has 59 heavy (non-hydrogen) atoms. The molecule has 3 N–H and O–H groups in total. The standard InChI is InChI=1S/C46H55FN4O7Si/c1-5-57-36-19-21-39-33(26-36)27-38(48-22-12-13-24-52)44(55)50(39)35-18-20-40-37(28-35)46(45(56)51(40)34-16-10-7-11-17-34)31(2)43(59(3,4)47)41(58-46)29-42(54)49(23-25-53)30-32-14-8-6-9-15-32/h6-11,14-21,26,28,31,38,41,43,48,52-53H,5,12-13,22-25,27,29-30H2,1-4H3/t31-,38?,41+,43-,46+/m0/s1. The van der Waals surface area contributed by atoms with Crippen LogP contribution in [0.25, 0.3) is 0 Å². The van der Waals surface area contributed by atoms with Crippen molar-refractivity contribution in [2.24, 2.45) is 5.92 Å². The Kier molecular flexibility index (Phi) is 12.7. The van der Waals surface area contributed by atoms with Crippen molar-refractivity contribution in [1.82, 2.24) is 10.2 Å². The zero-order chi connectivity index (χ0) is 41.9. The topological polar surface area (TPSA) is 132 Å². The number of amides is 3. The fraction of sp³-hybridized carbons (Fsp3) is 0.413. The molecule has 0 aromatic heterocycles. The molecule has 0 saturated carbocycles. The van der Waals surface area contributed by atoms with Crippen LogP contribution in [-0.2, 0) is 37.7 Å². The van der Waals surface area contributed by atoms with Gasteiger partial charge in [-0.1, -0.05) is 55.5 Å². The van der Waals surface area contributed by atoms with E-state index in [4.69, 9.17) is 9.47 Å². The Labute approximate surface area is 346 Å². The maximum atomic E-state index is 16.9. The third-order valence-electron chi connectivity index (χ3n) is 12.0. The van der Waals surface area contributed by atoms with Gasteiger partial charge in [-0.25, -0.2) is 0 Å². The molecule has 0 aliphatic carbocycles. The van der Waals surface area contributed by atoms with Gasteiger partial charge in [0, 0.05) is 48.1 Å². The molecule has 3 amide bonds. The molecule has 1 unspecified atom stereocenters. The largest absolute Gasteiger partial charge is 0.494 e. The van der Waals surface area contributed by atoms with E-state index in [1.807, 2.05) is 111 Å². The third kappa shape index (κ3) is 8.18. The number of fused-ring (bicyclic) bond motifs is 3. The first-order valence-corrected chi connectivity index (χ1v) is 23.7. The Balaban J connectivity index is 1.33. The lowest BCUT2D eigenvalue weighted by atomic mass is 9.82. The molecule has 4 aromatic rings. The summed E-state index contributed by atoms with van der Waals surface area (Å²) in [5.74, 6) is -0.866. The van der Waals surface area contributed by atoms with Crippen LogP contribution in [0.1, 0.15) is 49.8 Å². The maximum Gasteiger partial charge on any atom is 0.268 e. The average molecular weight is 823 g/mol. The average Bonchev–Trinajstić information content (AvgIpc) is 3.66. The Bertz CT molecular complexity index is 2140. The molecule has 5 atom stereocenters. The van der Waals surface area contributed by atoms with E-state index in [1.165, 1.54) is 0 Å². The summed E-state index contributed by atoms with van der Waals surface area (Å²) < 4.78 is 29.7. The maximum absolute atomic E-state index is 16.9. The quantitative estimate of drug-likeness (QED) is 0.0633. The van der Waals surface area contributed by atoms with Gasteiger partial charge in [0.05, 0.1) is 43.2 Å². The van der Waals surface area contributed by atoms with E-state index in [0.717, 1.165) is 11.1 Å². The number of nitrogens with one attached hydrogen (secondary N) is 1. The molecule has 0 bridgehead atoms. The van der Waals surface area contributed by atoms with Crippen LogP contribution in [0, 0.1) is 5.92 Å². The van der Waals surface area contributed by atoms with Crippen molar-refractivity contribution >= 4 is 48.9 Å². The number of para-hydroxylation sites is 1. The Morgan fingerprint density at radius 3 is 2.32 bits per heavy atom. The zero-order valence-corrected chi connectivity index (χ0v) is 35.3. The fourth-order valence-electron chi connectivity index (χ4n) is 9.37. The first-order chi connectivity index (χ1) is 28.4. The number of carbonyl (C=O) groups is 3. The highest BCUT2D eigenvalue weighted by Gasteiger charge is 2.67. The molecule has 13 heteroatoms. The summed E-state index contributed by atoms with van der Waals surface area (Å²) in [4.78, 5) is 48.9. The first kappa shape index (κ1) is 42.2. The highest BCUT2D eigenvalue weighted by Crippen LogP contribution is 2.62. The third-order valence-corrected chi connectivity index (χ3v) is 14.4. The van der Waals surface area contributed by atoms with Gasteiger partial charge in [0.2, 0.25) is 20.2 Å². The van der Waals surface area contributed by atoms with Crippen molar-refractivity contribution in [2.75, 3.05) is 42.7 Å². The molecule has 1 fully saturated rings. The van der Waals surface area contributed by atoms with E-state index in [-0.39, 0.29) is 50.4 Å². The summed E-state index contributed by atoms with van der Waals surface area (Å²) >= 11 is 0. The molecular formula is C46H55FN4O7Si. The Morgan fingerprint density at radius 1 is 0.932 bits per heavy atom. The second-order valence-corrected chi connectivity index (χ2v) is 20.0. The van der Waals surface area contributed by atoms with Crippen LogP contribution in [0.15, 0.2) is 97.1 Å². The van der Waals surface area contributed by atoms with Gasteiger partial charge < -0.3 is 34.0 Å². The lowest BCUT2D eigenvalue weighted by molar-refractivity contribution is -0.149. The van der Waals surface area contributed by atoms with Gasteiger partial charge in [0.25, 0.3) is 5.91 Å². The summed E-state index contributed by atoms with van der Waals surface area (Å²) in [5, 5.41) is 22.7. The number of ether oxygens (including phenoxy) is 2. The Morgan fingerprint density at radius 2 is 1.64 bits per heavy atom. The Hall–Kier alpha value is -4.92. The van der Waals surface area contributed by atoms with Crippen molar-refractivity contribution < 1.29 is 38.2 Å². The van der Waals surface area contributed by atoms with Crippen molar-refractivity contribution in [3.8, 4) is 5.75 Å². The molecule has 7 rings (SSSR count). The number of aliphatic hydroxyl groups is 2. The SMILES string of the molecule is CCOc1ccc2c(c1)CC(NCCCCO)C(=O)N2c1ccc2c(c1)[C@@]1(O[C@H](CC(=O)N(CCO)Cc3ccccc3)[C@@H]([Si](C)(C)F)[C@@H]1C)C(=O)N2c1ccccc1. The fourth-order valence-corrected chi connectivity index (χ4v) is 11.9. The molecule has 3 aliphatic heterocycles. The predicted molar refractivity (Wildman–Crippen MR) is 228 cm³/mol. The summed E-state index contributed by atoms with van der Waals surface area (Å²) in [6.07, 6.45) is 0.618. The molecule has 11 nitrogen and oxygen atoms in total. The number of benzene rings is 4. The van der Waals surface area contributed by atoms with Crippen LogP contribution in [-0.4, -0.2) is 86.3 Å². The number of hydrogen-bond acceptors (Lipinski definition) is 8. The molecule has 0 radical (unpaired) electrons. The van der Waals surface area contributed by atoms with Gasteiger partial charge in [-0.05, 0) is 105 Å². The zero-order valence-electron chi connectivity index (χ0n) is 34.3. The number of hydrogen-bond donors (Lipinski definition) is 3. The highest BCUT2D eigenvalue weighted by molar-refractivity contribution is 6.72. The first-order valence-electron chi connectivity index (χ1n) is 20.7. The molecule has 4 aromatic carbocycles. The molecule has 3 heterocycles. The summed E-state index contributed by atoms with van der Waals surface area (Å²) in [5.41, 5.74) is 2.23. The van der Waals surface area contributed by atoms with E-state index < -0.39 is 37.6 Å². The van der Waals surface area contributed by atoms with E-state index >= 15 is 8.90 Å². The molecule has 1 saturated heterocycles. The van der Waals surface area contributed by atoms with E-state index in [1.54, 1.807) is 27.8 Å². The number of carbonyl (C=O) groups excluding carboxylic acids is 3. The van der Waals surface area contributed by atoms with Gasteiger partial charge in [-0.2, -0.15) is 0 Å². The number of nitrogens with zero attached hydrogens (tertiary/aromatic N) is 3. The summed E-state index contributed by atoms with van der Waals surface area (Å²) in [6, 6.07) is 29.3. The number of unbranched alkanes of at least 4 members (excludes halogenated alkanes) is 1. The van der Waals surface area contributed by atoms with Gasteiger partial charge in [0.15, 0.2) is 5.60 Å². The van der Waals surface area contributed by atoms with Gasteiger partial charge >= 0.3 is 0 Å². The van der Waals surface area contributed by atoms with Crippen LogP contribution in [0.5, 0.6) is 5.75 Å². The van der Waals surface area contributed by atoms with Crippen LogP contribution >= 0.6 is 0 Å². The van der Waals surface area contributed by atoms with Gasteiger partial charge in [-0.3, -0.25) is 24.2 Å². The normalized spacial score (nSPS) is 22.5. The lowest BCUT2D eigenvalue weighted by Crippen LogP contribution is -2.49. The van der Waals surface area contributed by atoms with Crippen molar-refractivity contribution in [3.05, 3.63) is 114 Å². The van der Waals surface area contributed by atoms with Crippen LogP contribution in [0.2, 0.25) is 18.6 Å². The lowest BCUT2D eigenvalue weighted by Gasteiger charge is -2.36. The van der Waals surface area contributed by atoms with E-state index in [2.05, 4.69) is 5.32 Å².